The highest BCUT2D eigenvalue weighted by Gasteiger charge is 2.44. The molecule has 3 rings (SSSR count). The number of Topliss-reactive ketones (excluding diaryl/α,β-unsaturated/α-hetero) is 1. The van der Waals surface area contributed by atoms with Gasteiger partial charge in [0.1, 0.15) is 0 Å². The molecule has 2 fully saturated rings. The lowest BCUT2D eigenvalue weighted by molar-refractivity contribution is -0.170. The van der Waals surface area contributed by atoms with Crippen molar-refractivity contribution in [2.75, 3.05) is 0 Å². The van der Waals surface area contributed by atoms with E-state index in [9.17, 15) is 18.0 Å². The van der Waals surface area contributed by atoms with Gasteiger partial charge < -0.3 is 9.26 Å². The Labute approximate surface area is 106 Å². The van der Waals surface area contributed by atoms with Gasteiger partial charge in [0.25, 0.3) is 0 Å². The molecular formula is C11H11F3N2O3. The number of aromatic nitrogens is 2. The molecule has 0 aromatic carbocycles. The fourth-order valence-corrected chi connectivity index (χ4v) is 2.64. The van der Waals surface area contributed by atoms with Crippen molar-refractivity contribution >= 4 is 5.78 Å². The molecule has 2 saturated heterocycles. The van der Waals surface area contributed by atoms with Crippen LogP contribution in [0.2, 0.25) is 0 Å². The number of hydrogen-bond acceptors (Lipinski definition) is 5. The SMILES string of the molecule is O=C(Cc1nc(C2CC3CCC2O3)no1)C(F)(F)F. The van der Waals surface area contributed by atoms with E-state index in [2.05, 4.69) is 10.1 Å². The number of nitrogens with zero attached hydrogens (tertiary/aromatic N) is 2. The third kappa shape index (κ3) is 2.36. The summed E-state index contributed by atoms with van der Waals surface area (Å²) in [5, 5.41) is 3.67. The predicted octanol–water partition coefficient (Wildman–Crippen LogP) is 1.78. The fourth-order valence-electron chi connectivity index (χ4n) is 2.64. The molecule has 0 N–H and O–H groups in total. The molecule has 0 saturated carbocycles. The van der Waals surface area contributed by atoms with E-state index >= 15 is 0 Å². The van der Waals surface area contributed by atoms with Crippen molar-refractivity contribution in [2.24, 2.45) is 0 Å². The van der Waals surface area contributed by atoms with E-state index in [-0.39, 0.29) is 24.0 Å². The Morgan fingerprint density at radius 3 is 2.74 bits per heavy atom. The van der Waals surface area contributed by atoms with Crippen LogP contribution in [0, 0.1) is 0 Å². The Bertz CT molecular complexity index is 500. The number of rotatable bonds is 3. The van der Waals surface area contributed by atoms with Crippen LogP contribution >= 0.6 is 0 Å². The molecule has 1 aromatic rings. The molecule has 2 aliphatic heterocycles. The summed E-state index contributed by atoms with van der Waals surface area (Å²) in [6.45, 7) is 0. The van der Waals surface area contributed by atoms with Crippen molar-refractivity contribution in [1.29, 1.82) is 0 Å². The first kappa shape index (κ1) is 12.6. The number of hydrogen-bond donors (Lipinski definition) is 0. The maximum Gasteiger partial charge on any atom is 0.450 e. The average Bonchev–Trinajstić information content (AvgIpc) is 3.02. The van der Waals surface area contributed by atoms with Gasteiger partial charge in [0.05, 0.1) is 24.5 Å². The van der Waals surface area contributed by atoms with E-state index in [1.807, 2.05) is 0 Å². The molecule has 3 unspecified atom stereocenters. The molecular weight excluding hydrogens is 265 g/mol. The number of ether oxygens (including phenoxy) is 1. The first-order valence-corrected chi connectivity index (χ1v) is 6.01. The van der Waals surface area contributed by atoms with Crippen LogP contribution in [-0.4, -0.2) is 34.3 Å². The second-order valence-corrected chi connectivity index (χ2v) is 4.86. The second kappa shape index (κ2) is 4.29. The summed E-state index contributed by atoms with van der Waals surface area (Å²) < 4.78 is 46.6. The Hall–Kier alpha value is -1.44. The molecule has 0 radical (unpaired) electrons. The predicted molar refractivity (Wildman–Crippen MR) is 54.3 cm³/mol. The van der Waals surface area contributed by atoms with Crippen LogP contribution in [-0.2, 0) is 16.0 Å². The average molecular weight is 276 g/mol. The van der Waals surface area contributed by atoms with Crippen molar-refractivity contribution in [3.05, 3.63) is 11.7 Å². The van der Waals surface area contributed by atoms with Gasteiger partial charge >= 0.3 is 6.18 Å². The zero-order valence-electron chi connectivity index (χ0n) is 9.81. The molecule has 2 aliphatic rings. The minimum atomic E-state index is -4.87. The Morgan fingerprint density at radius 2 is 2.16 bits per heavy atom. The standard InChI is InChI=1S/C11H11F3N2O3/c12-11(13,14)8(17)4-9-15-10(16-19-9)6-3-5-1-2-7(6)18-5/h5-7H,1-4H2. The van der Waals surface area contributed by atoms with Crippen LogP contribution in [0.1, 0.15) is 36.9 Å². The van der Waals surface area contributed by atoms with E-state index in [1.54, 1.807) is 0 Å². The summed E-state index contributed by atoms with van der Waals surface area (Å²) in [5.41, 5.74) is 0. The first-order valence-electron chi connectivity index (χ1n) is 6.01. The first-order chi connectivity index (χ1) is 8.93. The summed E-state index contributed by atoms with van der Waals surface area (Å²) >= 11 is 0. The van der Waals surface area contributed by atoms with Crippen LogP contribution in [0.3, 0.4) is 0 Å². The molecule has 0 amide bonds. The van der Waals surface area contributed by atoms with Gasteiger partial charge in [-0.2, -0.15) is 18.2 Å². The highest BCUT2D eigenvalue weighted by Crippen LogP contribution is 2.43. The topological polar surface area (TPSA) is 65.2 Å². The van der Waals surface area contributed by atoms with Gasteiger partial charge in [-0.3, -0.25) is 4.79 Å². The Kier molecular flexibility index (Phi) is 2.84. The van der Waals surface area contributed by atoms with Gasteiger partial charge in [-0.05, 0) is 19.3 Å². The van der Waals surface area contributed by atoms with E-state index in [0.29, 0.717) is 5.82 Å². The van der Waals surface area contributed by atoms with E-state index < -0.39 is 18.4 Å². The second-order valence-electron chi connectivity index (χ2n) is 4.86. The quantitative estimate of drug-likeness (QED) is 0.842. The summed E-state index contributed by atoms with van der Waals surface area (Å²) in [7, 11) is 0. The normalized spacial score (nSPS) is 29.9. The highest BCUT2D eigenvalue weighted by molar-refractivity contribution is 5.85. The summed E-state index contributed by atoms with van der Waals surface area (Å²) in [6, 6.07) is 0. The van der Waals surface area contributed by atoms with Crippen LogP contribution in [0.5, 0.6) is 0 Å². The number of carbonyl (C=O) groups excluding carboxylic acids is 1. The molecule has 2 bridgehead atoms. The van der Waals surface area contributed by atoms with Crippen LogP contribution in [0.4, 0.5) is 13.2 Å². The molecule has 3 atom stereocenters. The van der Waals surface area contributed by atoms with Gasteiger partial charge in [-0.1, -0.05) is 5.16 Å². The smallest absolute Gasteiger partial charge is 0.374 e. The third-order valence-corrected chi connectivity index (χ3v) is 3.55. The van der Waals surface area contributed by atoms with Crippen molar-refractivity contribution in [3.8, 4) is 0 Å². The lowest BCUT2D eigenvalue weighted by Crippen LogP contribution is -2.24. The van der Waals surface area contributed by atoms with Crippen LogP contribution in [0.25, 0.3) is 0 Å². The minimum Gasteiger partial charge on any atom is -0.374 e. The number of halogens is 3. The van der Waals surface area contributed by atoms with Crippen molar-refractivity contribution < 1.29 is 27.2 Å². The lowest BCUT2D eigenvalue weighted by atomic mass is 9.89. The van der Waals surface area contributed by atoms with Gasteiger partial charge in [0.15, 0.2) is 5.82 Å². The Balaban J connectivity index is 1.69. The molecule has 3 heterocycles. The molecule has 104 valence electrons. The summed E-state index contributed by atoms with van der Waals surface area (Å²) in [4.78, 5) is 14.7. The van der Waals surface area contributed by atoms with Crippen molar-refractivity contribution in [1.82, 2.24) is 10.1 Å². The molecule has 1 aromatic heterocycles. The zero-order chi connectivity index (χ0) is 13.6. The maximum absolute atomic E-state index is 12.1. The van der Waals surface area contributed by atoms with E-state index in [0.717, 1.165) is 19.3 Å². The van der Waals surface area contributed by atoms with Crippen molar-refractivity contribution in [3.63, 3.8) is 0 Å². The molecule has 8 heteroatoms. The molecule has 0 spiro atoms. The zero-order valence-corrected chi connectivity index (χ0v) is 9.81. The number of alkyl halides is 3. The van der Waals surface area contributed by atoms with Crippen LogP contribution in [0.15, 0.2) is 4.52 Å². The van der Waals surface area contributed by atoms with Gasteiger partial charge in [-0.25, -0.2) is 0 Å². The highest BCUT2D eigenvalue weighted by atomic mass is 19.4. The largest absolute Gasteiger partial charge is 0.450 e. The van der Waals surface area contributed by atoms with Gasteiger partial charge in [0, 0.05) is 0 Å². The van der Waals surface area contributed by atoms with Gasteiger partial charge in [-0.15, -0.1) is 0 Å². The number of fused-ring (bicyclic) bond motifs is 2. The maximum atomic E-state index is 12.1. The monoisotopic (exact) mass is 276 g/mol. The minimum absolute atomic E-state index is 0.0220. The number of carbonyl (C=O) groups is 1. The van der Waals surface area contributed by atoms with Crippen LogP contribution < -0.4 is 0 Å². The summed E-state index contributed by atoms with van der Waals surface area (Å²) in [6.07, 6.45) is -2.90. The third-order valence-electron chi connectivity index (χ3n) is 3.55. The van der Waals surface area contributed by atoms with E-state index in [1.165, 1.54) is 0 Å². The number of ketones is 1. The van der Waals surface area contributed by atoms with Gasteiger partial charge in [0.2, 0.25) is 11.7 Å². The van der Waals surface area contributed by atoms with Crippen molar-refractivity contribution in [2.45, 2.75) is 50.0 Å². The molecule has 0 aliphatic carbocycles. The lowest BCUT2D eigenvalue weighted by Gasteiger charge is -2.13. The molecule has 5 nitrogen and oxygen atoms in total. The fraction of sp³-hybridized carbons (Fsp3) is 0.727. The molecule has 19 heavy (non-hydrogen) atoms. The summed E-state index contributed by atoms with van der Waals surface area (Å²) in [5.74, 6) is -1.86. The Morgan fingerprint density at radius 1 is 1.37 bits per heavy atom. The van der Waals surface area contributed by atoms with E-state index in [4.69, 9.17) is 9.26 Å².